The van der Waals surface area contributed by atoms with E-state index in [1.54, 1.807) is 12.1 Å². The third-order valence-electron chi connectivity index (χ3n) is 1.62. The minimum atomic E-state index is -0.383. The summed E-state index contributed by atoms with van der Waals surface area (Å²) in [4.78, 5) is 9.99. The van der Waals surface area contributed by atoms with E-state index in [0.717, 1.165) is 16.5 Å². The van der Waals surface area contributed by atoms with Crippen molar-refractivity contribution in [3.8, 4) is 0 Å². The Hall–Kier alpha value is -0.900. The van der Waals surface area contributed by atoms with Crippen molar-refractivity contribution in [1.29, 1.82) is 0 Å². The summed E-state index contributed by atoms with van der Waals surface area (Å²) in [5.74, 6) is 0. The van der Waals surface area contributed by atoms with Gasteiger partial charge >= 0.3 is 0 Å². The third kappa shape index (κ3) is 1.82. The molecule has 1 aromatic rings. The molecule has 0 bridgehead atoms. The zero-order valence-corrected chi connectivity index (χ0v) is 8.17. The van der Waals surface area contributed by atoms with Gasteiger partial charge in [-0.1, -0.05) is 22.9 Å². The lowest BCUT2D eigenvalue weighted by Gasteiger charge is -1.99. The van der Waals surface area contributed by atoms with Crippen LogP contribution in [-0.2, 0) is 6.42 Å². The minimum Gasteiger partial charge on any atom is -0.258 e. The van der Waals surface area contributed by atoms with Gasteiger partial charge in [-0.3, -0.25) is 10.1 Å². The van der Waals surface area contributed by atoms with Crippen LogP contribution >= 0.6 is 15.9 Å². The molecule has 1 aromatic carbocycles. The molecule has 0 N–H and O–H groups in total. The molecule has 64 valence electrons. The van der Waals surface area contributed by atoms with E-state index >= 15 is 0 Å². The van der Waals surface area contributed by atoms with Gasteiger partial charge in [0, 0.05) is 16.6 Å². The van der Waals surface area contributed by atoms with Crippen LogP contribution in [0.1, 0.15) is 12.5 Å². The predicted octanol–water partition coefficient (Wildman–Crippen LogP) is 2.92. The van der Waals surface area contributed by atoms with Gasteiger partial charge in [-0.25, -0.2) is 0 Å². The molecule has 0 heterocycles. The summed E-state index contributed by atoms with van der Waals surface area (Å²) in [6, 6.07) is 4.78. The van der Waals surface area contributed by atoms with Crippen LogP contribution in [0.25, 0.3) is 0 Å². The largest absolute Gasteiger partial charge is 0.269 e. The molecular weight excluding hydrogens is 222 g/mol. The molecule has 0 aliphatic heterocycles. The first-order chi connectivity index (χ1) is 5.65. The summed E-state index contributed by atoms with van der Waals surface area (Å²) < 4.78 is 0.926. The molecule has 0 aliphatic carbocycles. The van der Waals surface area contributed by atoms with Crippen LogP contribution in [0.3, 0.4) is 0 Å². The van der Waals surface area contributed by atoms with E-state index in [1.807, 2.05) is 6.92 Å². The van der Waals surface area contributed by atoms with Crippen molar-refractivity contribution < 1.29 is 4.92 Å². The topological polar surface area (TPSA) is 43.1 Å². The minimum absolute atomic E-state index is 0.148. The maximum Gasteiger partial charge on any atom is 0.269 e. The molecule has 12 heavy (non-hydrogen) atoms. The zero-order valence-electron chi connectivity index (χ0n) is 6.58. The van der Waals surface area contributed by atoms with Crippen molar-refractivity contribution in [3.05, 3.63) is 38.3 Å². The van der Waals surface area contributed by atoms with Gasteiger partial charge < -0.3 is 0 Å². The normalized spacial score (nSPS) is 9.83. The van der Waals surface area contributed by atoms with Gasteiger partial charge in [0.1, 0.15) is 0 Å². The molecule has 3 nitrogen and oxygen atoms in total. The van der Waals surface area contributed by atoms with Crippen LogP contribution in [0.5, 0.6) is 0 Å². The van der Waals surface area contributed by atoms with E-state index in [0.29, 0.717) is 0 Å². The van der Waals surface area contributed by atoms with Gasteiger partial charge in [-0.2, -0.15) is 0 Å². The summed E-state index contributed by atoms with van der Waals surface area (Å²) in [7, 11) is 0. The zero-order chi connectivity index (χ0) is 9.14. The van der Waals surface area contributed by atoms with E-state index in [1.165, 1.54) is 6.07 Å². The Kier molecular flexibility index (Phi) is 2.81. The molecule has 0 saturated heterocycles. The maximum absolute atomic E-state index is 10.4. The molecule has 0 radical (unpaired) electrons. The third-order valence-corrected chi connectivity index (χ3v) is 2.39. The van der Waals surface area contributed by atoms with E-state index < -0.39 is 0 Å². The first-order valence-corrected chi connectivity index (χ1v) is 4.37. The predicted molar refractivity (Wildman–Crippen MR) is 50.2 cm³/mol. The van der Waals surface area contributed by atoms with Crippen LogP contribution in [0.4, 0.5) is 5.69 Å². The monoisotopic (exact) mass is 229 g/mol. The Labute approximate surface area is 78.7 Å². The fraction of sp³-hybridized carbons (Fsp3) is 0.250. The van der Waals surface area contributed by atoms with Crippen LogP contribution in [0.2, 0.25) is 0 Å². The van der Waals surface area contributed by atoms with Crippen molar-refractivity contribution in [1.82, 2.24) is 0 Å². The van der Waals surface area contributed by atoms with E-state index in [9.17, 15) is 10.1 Å². The lowest BCUT2D eigenvalue weighted by Crippen LogP contribution is -1.90. The molecule has 0 aromatic heterocycles. The highest BCUT2D eigenvalue weighted by atomic mass is 79.9. The summed E-state index contributed by atoms with van der Waals surface area (Å²) >= 11 is 3.32. The van der Waals surface area contributed by atoms with Crippen molar-refractivity contribution in [2.75, 3.05) is 0 Å². The second-order valence-corrected chi connectivity index (χ2v) is 3.24. The number of hydrogen-bond donors (Lipinski definition) is 0. The number of nitro groups is 1. The number of hydrogen-bond acceptors (Lipinski definition) is 2. The number of nitrogens with zero attached hydrogens (tertiary/aromatic N) is 1. The standard InChI is InChI=1S/C8H8BrNO2/c1-2-6-5-7(10(11)12)3-4-8(6)9/h3-5H,2H2,1H3. The molecular formula is C8H8BrNO2. The highest BCUT2D eigenvalue weighted by Crippen LogP contribution is 2.22. The van der Waals surface area contributed by atoms with Crippen LogP contribution in [-0.4, -0.2) is 4.92 Å². The van der Waals surface area contributed by atoms with Crippen LogP contribution in [0, 0.1) is 10.1 Å². The highest BCUT2D eigenvalue weighted by Gasteiger charge is 2.07. The number of aryl methyl sites for hydroxylation is 1. The Balaban J connectivity index is 3.13. The Morgan fingerprint density at radius 1 is 1.58 bits per heavy atom. The Morgan fingerprint density at radius 3 is 2.75 bits per heavy atom. The van der Waals surface area contributed by atoms with Gasteiger partial charge in [-0.05, 0) is 18.1 Å². The van der Waals surface area contributed by atoms with E-state index in [-0.39, 0.29) is 10.6 Å². The lowest BCUT2D eigenvalue weighted by molar-refractivity contribution is -0.384. The molecule has 0 spiro atoms. The number of non-ortho nitro benzene ring substituents is 1. The molecule has 0 unspecified atom stereocenters. The summed E-state index contributed by atoms with van der Waals surface area (Å²) in [6.45, 7) is 1.96. The fourth-order valence-corrected chi connectivity index (χ4v) is 1.47. The molecule has 0 atom stereocenters. The second-order valence-electron chi connectivity index (χ2n) is 2.39. The number of benzene rings is 1. The van der Waals surface area contributed by atoms with Crippen molar-refractivity contribution in [2.45, 2.75) is 13.3 Å². The highest BCUT2D eigenvalue weighted by molar-refractivity contribution is 9.10. The number of rotatable bonds is 2. The fourth-order valence-electron chi connectivity index (χ4n) is 0.946. The maximum atomic E-state index is 10.4. The summed E-state index contributed by atoms with van der Waals surface area (Å²) in [5, 5.41) is 10.4. The smallest absolute Gasteiger partial charge is 0.258 e. The summed E-state index contributed by atoms with van der Waals surface area (Å²) in [5.41, 5.74) is 1.11. The average molecular weight is 230 g/mol. The van der Waals surface area contributed by atoms with Crippen molar-refractivity contribution in [2.24, 2.45) is 0 Å². The Bertz CT molecular complexity index is 312. The van der Waals surface area contributed by atoms with Gasteiger partial charge in [-0.15, -0.1) is 0 Å². The lowest BCUT2D eigenvalue weighted by atomic mass is 10.1. The average Bonchev–Trinajstić information content (AvgIpc) is 2.05. The number of halogens is 1. The molecule has 4 heteroatoms. The first-order valence-electron chi connectivity index (χ1n) is 3.58. The Morgan fingerprint density at radius 2 is 2.25 bits per heavy atom. The van der Waals surface area contributed by atoms with Crippen LogP contribution < -0.4 is 0 Å². The van der Waals surface area contributed by atoms with Crippen LogP contribution in [0.15, 0.2) is 22.7 Å². The number of nitro benzene ring substituents is 1. The SMILES string of the molecule is CCc1cc([N+](=O)[O-])ccc1Br. The van der Waals surface area contributed by atoms with Gasteiger partial charge in [0.15, 0.2) is 0 Å². The molecule has 0 fully saturated rings. The molecule has 0 aliphatic rings. The van der Waals surface area contributed by atoms with Crippen molar-refractivity contribution >= 4 is 21.6 Å². The van der Waals surface area contributed by atoms with Gasteiger partial charge in [0.2, 0.25) is 0 Å². The molecule has 1 rings (SSSR count). The van der Waals surface area contributed by atoms with Crippen molar-refractivity contribution in [3.63, 3.8) is 0 Å². The van der Waals surface area contributed by atoms with E-state index in [4.69, 9.17) is 0 Å². The van der Waals surface area contributed by atoms with Gasteiger partial charge in [0.05, 0.1) is 4.92 Å². The van der Waals surface area contributed by atoms with Gasteiger partial charge in [0.25, 0.3) is 5.69 Å². The molecule has 0 amide bonds. The van der Waals surface area contributed by atoms with E-state index in [2.05, 4.69) is 15.9 Å². The first kappa shape index (κ1) is 9.19. The molecule has 0 saturated carbocycles. The second kappa shape index (κ2) is 3.67. The quantitative estimate of drug-likeness (QED) is 0.579. The summed E-state index contributed by atoms with van der Waals surface area (Å²) in [6.07, 6.45) is 0.794.